The molecule has 0 aliphatic heterocycles. The normalized spacial score (nSPS) is 9.91. The standard InChI is InChI=1S/C13H15FN4O2.C2H6/c1-18-5-7(2-11(15)13(18)20)9-3-8(14)4-12(17-16)10(9)6-19;1-2/h2-5,17,19H,6,15-16H2,1H3;1-2H3. The molecule has 1 aromatic heterocycles. The van der Waals surface area contributed by atoms with Gasteiger partial charge in [0.2, 0.25) is 0 Å². The third kappa shape index (κ3) is 3.44. The number of hydrogen-bond acceptors (Lipinski definition) is 5. The van der Waals surface area contributed by atoms with Gasteiger partial charge in [-0.2, -0.15) is 0 Å². The van der Waals surface area contributed by atoms with Crippen molar-refractivity contribution in [1.29, 1.82) is 0 Å². The van der Waals surface area contributed by atoms with Gasteiger partial charge in [0.1, 0.15) is 5.82 Å². The van der Waals surface area contributed by atoms with E-state index in [1.54, 1.807) is 7.05 Å². The molecule has 0 atom stereocenters. The van der Waals surface area contributed by atoms with E-state index in [0.717, 1.165) is 0 Å². The topological polar surface area (TPSA) is 106 Å². The number of aliphatic hydroxyl groups is 1. The van der Waals surface area contributed by atoms with Gasteiger partial charge >= 0.3 is 0 Å². The molecule has 0 unspecified atom stereocenters. The van der Waals surface area contributed by atoms with Crippen molar-refractivity contribution in [3.8, 4) is 11.1 Å². The number of nitrogens with two attached hydrogens (primary N) is 2. The zero-order valence-corrected chi connectivity index (χ0v) is 12.9. The molecule has 0 aliphatic rings. The number of anilines is 2. The molecule has 0 bridgehead atoms. The van der Waals surface area contributed by atoms with Gasteiger partial charge < -0.3 is 20.8 Å². The lowest BCUT2D eigenvalue weighted by atomic mass is 9.99. The maximum atomic E-state index is 13.6. The number of aromatic nitrogens is 1. The minimum Gasteiger partial charge on any atom is -0.394 e. The highest BCUT2D eigenvalue weighted by Gasteiger charge is 2.13. The monoisotopic (exact) mass is 308 g/mol. The predicted octanol–water partition coefficient (Wildman–Crippen LogP) is 1.58. The zero-order valence-electron chi connectivity index (χ0n) is 12.9. The molecule has 7 heteroatoms. The molecule has 1 aromatic carbocycles. The van der Waals surface area contributed by atoms with Crippen LogP contribution in [0.2, 0.25) is 0 Å². The molecule has 0 saturated heterocycles. The number of aliphatic hydroxyl groups excluding tert-OH is 1. The number of hydrogen-bond donors (Lipinski definition) is 4. The van der Waals surface area contributed by atoms with Crippen LogP contribution >= 0.6 is 0 Å². The van der Waals surface area contributed by atoms with E-state index in [4.69, 9.17) is 11.6 Å². The second-order valence-electron chi connectivity index (χ2n) is 4.38. The van der Waals surface area contributed by atoms with E-state index in [9.17, 15) is 14.3 Å². The van der Waals surface area contributed by atoms with Crippen molar-refractivity contribution >= 4 is 11.4 Å². The quantitative estimate of drug-likeness (QED) is 0.509. The van der Waals surface area contributed by atoms with E-state index in [-0.39, 0.29) is 23.5 Å². The number of nitrogen functional groups attached to an aromatic ring is 2. The van der Waals surface area contributed by atoms with Gasteiger partial charge in [0.25, 0.3) is 5.56 Å². The van der Waals surface area contributed by atoms with Crippen LogP contribution in [0.25, 0.3) is 11.1 Å². The molecule has 0 amide bonds. The first-order valence-electron chi connectivity index (χ1n) is 6.84. The molecule has 1 heterocycles. The first-order chi connectivity index (χ1) is 10.5. The van der Waals surface area contributed by atoms with Gasteiger partial charge in [0.15, 0.2) is 0 Å². The maximum absolute atomic E-state index is 13.6. The Labute approximate surface area is 128 Å². The molecular weight excluding hydrogens is 287 g/mol. The summed E-state index contributed by atoms with van der Waals surface area (Å²) in [6.07, 6.45) is 1.52. The molecule has 120 valence electrons. The van der Waals surface area contributed by atoms with Crippen LogP contribution in [0.3, 0.4) is 0 Å². The van der Waals surface area contributed by atoms with Crippen LogP contribution in [0.4, 0.5) is 15.8 Å². The number of benzene rings is 1. The first-order valence-corrected chi connectivity index (χ1v) is 6.84. The van der Waals surface area contributed by atoms with Crippen LogP contribution in [-0.2, 0) is 13.7 Å². The molecule has 0 fully saturated rings. The maximum Gasteiger partial charge on any atom is 0.273 e. The molecule has 2 rings (SSSR count). The smallest absolute Gasteiger partial charge is 0.273 e. The molecule has 22 heavy (non-hydrogen) atoms. The minimum absolute atomic E-state index is 0.0420. The van der Waals surface area contributed by atoms with Crippen LogP contribution in [0.5, 0.6) is 0 Å². The van der Waals surface area contributed by atoms with Crippen LogP contribution in [-0.4, -0.2) is 9.67 Å². The Hall–Kier alpha value is -2.38. The van der Waals surface area contributed by atoms with Crippen molar-refractivity contribution in [2.45, 2.75) is 20.5 Å². The van der Waals surface area contributed by atoms with Gasteiger partial charge in [-0.25, -0.2) is 4.39 Å². The minimum atomic E-state index is -0.516. The zero-order chi connectivity index (χ0) is 16.9. The average Bonchev–Trinajstić information content (AvgIpc) is 2.53. The van der Waals surface area contributed by atoms with E-state index < -0.39 is 5.82 Å². The summed E-state index contributed by atoms with van der Waals surface area (Å²) in [5, 5.41) is 9.46. The third-order valence-corrected chi connectivity index (χ3v) is 3.05. The number of pyridine rings is 1. The summed E-state index contributed by atoms with van der Waals surface area (Å²) >= 11 is 0. The van der Waals surface area contributed by atoms with Gasteiger partial charge in [-0.1, -0.05) is 13.8 Å². The number of halogens is 1. The second-order valence-corrected chi connectivity index (χ2v) is 4.38. The van der Waals surface area contributed by atoms with Crippen LogP contribution in [0, 0.1) is 5.82 Å². The predicted molar refractivity (Wildman–Crippen MR) is 86.6 cm³/mol. The molecule has 0 aliphatic carbocycles. The fourth-order valence-corrected chi connectivity index (χ4v) is 2.08. The number of rotatable bonds is 3. The van der Waals surface area contributed by atoms with Gasteiger partial charge in [-0.15, -0.1) is 0 Å². The Kier molecular flexibility index (Phi) is 6.09. The second kappa shape index (κ2) is 7.58. The SMILES string of the molecule is CC.Cn1cc(-c2cc(F)cc(NN)c2CO)cc(N)c1=O. The third-order valence-electron chi connectivity index (χ3n) is 3.05. The van der Waals surface area contributed by atoms with Gasteiger partial charge in [-0.05, 0) is 23.8 Å². The van der Waals surface area contributed by atoms with E-state index >= 15 is 0 Å². The fraction of sp³-hybridized carbons (Fsp3) is 0.267. The van der Waals surface area contributed by atoms with Crippen molar-refractivity contribution < 1.29 is 9.50 Å². The summed E-state index contributed by atoms with van der Waals surface area (Å²) in [6, 6.07) is 3.88. The molecule has 0 spiro atoms. The molecular formula is C15H21FN4O2. The number of hydrazine groups is 1. The Morgan fingerprint density at radius 2 is 1.95 bits per heavy atom. The molecule has 6 N–H and O–H groups in total. The summed E-state index contributed by atoms with van der Waals surface area (Å²) in [5.74, 6) is 4.80. The fourth-order valence-electron chi connectivity index (χ4n) is 2.08. The van der Waals surface area contributed by atoms with E-state index in [1.165, 1.54) is 29.0 Å². The Balaban J connectivity index is 0.00000116. The van der Waals surface area contributed by atoms with Crippen molar-refractivity contribution in [3.63, 3.8) is 0 Å². The number of aryl methyl sites for hydroxylation is 1. The molecule has 2 aromatic rings. The van der Waals surface area contributed by atoms with Gasteiger partial charge in [0.05, 0.1) is 18.0 Å². The highest BCUT2D eigenvalue weighted by atomic mass is 19.1. The van der Waals surface area contributed by atoms with Crippen molar-refractivity contribution in [2.75, 3.05) is 11.2 Å². The summed E-state index contributed by atoms with van der Waals surface area (Å²) < 4.78 is 14.9. The Bertz CT molecular complexity index is 687. The first kappa shape index (κ1) is 17.7. The van der Waals surface area contributed by atoms with Crippen LogP contribution < -0.4 is 22.6 Å². The van der Waals surface area contributed by atoms with Crippen molar-refractivity contribution in [2.24, 2.45) is 12.9 Å². The molecule has 0 saturated carbocycles. The van der Waals surface area contributed by atoms with E-state index in [1.807, 2.05) is 13.8 Å². The van der Waals surface area contributed by atoms with Gasteiger partial charge in [-0.3, -0.25) is 10.6 Å². The van der Waals surface area contributed by atoms with Gasteiger partial charge in [0, 0.05) is 24.4 Å². The van der Waals surface area contributed by atoms with E-state index in [0.29, 0.717) is 16.7 Å². The largest absolute Gasteiger partial charge is 0.394 e. The van der Waals surface area contributed by atoms with Crippen molar-refractivity contribution in [3.05, 3.63) is 46.1 Å². The Morgan fingerprint density at radius 1 is 1.32 bits per heavy atom. The Morgan fingerprint density at radius 3 is 2.45 bits per heavy atom. The average molecular weight is 308 g/mol. The highest BCUT2D eigenvalue weighted by Crippen LogP contribution is 2.30. The summed E-state index contributed by atoms with van der Waals surface area (Å²) in [6.45, 7) is 3.66. The van der Waals surface area contributed by atoms with E-state index in [2.05, 4.69) is 5.43 Å². The number of nitrogens with zero attached hydrogens (tertiary/aromatic N) is 1. The van der Waals surface area contributed by atoms with Crippen LogP contribution in [0.15, 0.2) is 29.2 Å². The summed E-state index contributed by atoms with van der Waals surface area (Å²) in [5.41, 5.74) is 9.30. The summed E-state index contributed by atoms with van der Waals surface area (Å²) in [4.78, 5) is 11.6. The lowest BCUT2D eigenvalue weighted by molar-refractivity contribution is 0.283. The summed E-state index contributed by atoms with van der Waals surface area (Å²) in [7, 11) is 1.54. The van der Waals surface area contributed by atoms with Crippen molar-refractivity contribution in [1.82, 2.24) is 4.57 Å². The molecule has 6 nitrogen and oxygen atoms in total. The lowest BCUT2D eigenvalue weighted by Crippen LogP contribution is -2.19. The molecule has 0 radical (unpaired) electrons. The highest BCUT2D eigenvalue weighted by molar-refractivity contribution is 5.75. The lowest BCUT2D eigenvalue weighted by Gasteiger charge is -2.14. The number of nitrogens with one attached hydrogen (secondary N) is 1. The van der Waals surface area contributed by atoms with Crippen LogP contribution in [0.1, 0.15) is 19.4 Å².